The number of fused-ring (bicyclic) bond motifs is 1. The summed E-state index contributed by atoms with van der Waals surface area (Å²) in [4.78, 5) is 29.8. The number of nitrogens with one attached hydrogen (secondary N) is 1. The zero-order chi connectivity index (χ0) is 23.5. The molecule has 0 unspecified atom stereocenters. The number of ether oxygens (including phenoxy) is 4. The van der Waals surface area contributed by atoms with E-state index in [4.69, 9.17) is 18.9 Å². The highest BCUT2D eigenvalue weighted by Crippen LogP contribution is 2.42. The van der Waals surface area contributed by atoms with Crippen LogP contribution < -0.4 is 19.5 Å². The van der Waals surface area contributed by atoms with Gasteiger partial charge < -0.3 is 29.2 Å². The average molecular weight is 475 g/mol. The van der Waals surface area contributed by atoms with E-state index >= 15 is 0 Å². The van der Waals surface area contributed by atoms with Crippen LogP contribution in [0.5, 0.6) is 17.2 Å². The molecule has 4 rings (SSSR count). The van der Waals surface area contributed by atoms with Crippen LogP contribution in [0.4, 0.5) is 5.00 Å². The van der Waals surface area contributed by atoms with Crippen LogP contribution in [0.2, 0.25) is 0 Å². The van der Waals surface area contributed by atoms with E-state index in [1.165, 1.54) is 37.5 Å². The van der Waals surface area contributed by atoms with E-state index in [2.05, 4.69) is 12.2 Å². The molecule has 1 aromatic heterocycles. The minimum absolute atomic E-state index is 0.0365. The van der Waals surface area contributed by atoms with Crippen molar-refractivity contribution in [2.45, 2.75) is 26.2 Å². The van der Waals surface area contributed by atoms with Crippen LogP contribution >= 0.6 is 11.3 Å². The number of thiophene rings is 1. The third-order valence-corrected chi connectivity index (χ3v) is 7.35. The van der Waals surface area contributed by atoms with Gasteiger partial charge in [0.15, 0.2) is 11.5 Å². The molecule has 1 atom stereocenters. The highest BCUT2D eigenvalue weighted by molar-refractivity contribution is 7.17. The van der Waals surface area contributed by atoms with Crippen molar-refractivity contribution in [3.8, 4) is 17.2 Å². The highest BCUT2D eigenvalue weighted by atomic mass is 32.1. The Morgan fingerprint density at radius 1 is 1.09 bits per heavy atom. The Morgan fingerprint density at radius 3 is 2.36 bits per heavy atom. The summed E-state index contributed by atoms with van der Waals surface area (Å²) >= 11 is 1.51. The molecule has 1 N–H and O–H groups in total. The molecule has 1 aromatic carbocycles. The molecule has 0 radical (unpaired) electrons. The molecular weight excluding hydrogens is 444 g/mol. The number of benzene rings is 1. The lowest BCUT2D eigenvalue weighted by Gasteiger charge is -2.28. The van der Waals surface area contributed by atoms with Gasteiger partial charge in [0.25, 0.3) is 11.8 Å². The molecule has 0 bridgehead atoms. The molecule has 178 valence electrons. The topological polar surface area (TPSA) is 86.3 Å². The van der Waals surface area contributed by atoms with E-state index in [0.717, 1.165) is 24.8 Å². The van der Waals surface area contributed by atoms with Crippen molar-refractivity contribution < 1.29 is 28.5 Å². The van der Waals surface area contributed by atoms with Gasteiger partial charge >= 0.3 is 0 Å². The summed E-state index contributed by atoms with van der Waals surface area (Å²) in [5, 5.41) is 3.61. The third-order valence-electron chi connectivity index (χ3n) is 6.18. The fourth-order valence-electron chi connectivity index (χ4n) is 4.38. The lowest BCUT2D eigenvalue weighted by atomic mass is 9.88. The van der Waals surface area contributed by atoms with Crippen molar-refractivity contribution in [2.75, 3.05) is 52.9 Å². The first-order chi connectivity index (χ1) is 16.0. The SMILES string of the molecule is COc1cc(C(=O)Nc2sc3c(c2C(=O)N2CCOCC2)CC[C@@H](C)C3)cc(OC)c1OC. The Bertz CT molecular complexity index is 1020. The zero-order valence-corrected chi connectivity index (χ0v) is 20.3. The molecule has 8 nitrogen and oxygen atoms in total. The van der Waals surface area contributed by atoms with E-state index < -0.39 is 0 Å². The van der Waals surface area contributed by atoms with Gasteiger partial charge in [-0.1, -0.05) is 6.92 Å². The Labute approximate surface area is 197 Å². The van der Waals surface area contributed by atoms with Crippen molar-refractivity contribution in [2.24, 2.45) is 5.92 Å². The minimum atomic E-state index is -0.336. The standard InChI is InChI=1S/C24H30N2O6S/c1-14-5-6-16-19(11-14)33-23(20(16)24(28)26-7-9-32-10-8-26)25-22(27)15-12-17(29-2)21(31-4)18(13-15)30-3/h12-14H,5-11H2,1-4H3,(H,25,27)/t14-/m1/s1. The normalized spacial score (nSPS) is 17.8. The largest absolute Gasteiger partial charge is 0.493 e. The van der Waals surface area contributed by atoms with Crippen LogP contribution in [-0.4, -0.2) is 64.3 Å². The summed E-state index contributed by atoms with van der Waals surface area (Å²) in [6.07, 6.45) is 2.80. The fraction of sp³-hybridized carbons (Fsp3) is 0.500. The Kier molecular flexibility index (Phi) is 7.09. The first-order valence-corrected chi connectivity index (χ1v) is 11.9. The first kappa shape index (κ1) is 23.4. The molecular formula is C24H30N2O6S. The molecule has 2 aliphatic rings. The maximum Gasteiger partial charge on any atom is 0.257 e. The quantitative estimate of drug-likeness (QED) is 0.688. The number of morpholine rings is 1. The summed E-state index contributed by atoms with van der Waals surface area (Å²) in [6, 6.07) is 3.21. The molecule has 1 fully saturated rings. The van der Waals surface area contributed by atoms with E-state index in [1.807, 2.05) is 4.90 Å². The predicted molar refractivity (Wildman–Crippen MR) is 126 cm³/mol. The number of hydrogen-bond donors (Lipinski definition) is 1. The molecule has 9 heteroatoms. The summed E-state index contributed by atoms with van der Waals surface area (Å²) in [7, 11) is 4.53. The van der Waals surface area contributed by atoms with Gasteiger partial charge in [-0.2, -0.15) is 0 Å². The molecule has 2 amide bonds. The molecule has 0 saturated carbocycles. The molecule has 0 spiro atoms. The summed E-state index contributed by atoms with van der Waals surface area (Å²) < 4.78 is 21.5. The maximum atomic E-state index is 13.5. The van der Waals surface area contributed by atoms with Crippen LogP contribution in [-0.2, 0) is 17.6 Å². The van der Waals surface area contributed by atoms with Gasteiger partial charge in [0.1, 0.15) is 5.00 Å². The lowest BCUT2D eigenvalue weighted by Crippen LogP contribution is -2.41. The molecule has 1 saturated heterocycles. The Morgan fingerprint density at radius 2 is 1.76 bits per heavy atom. The van der Waals surface area contributed by atoms with Gasteiger partial charge in [-0.3, -0.25) is 9.59 Å². The number of carbonyl (C=O) groups is 2. The van der Waals surface area contributed by atoms with Crippen LogP contribution in [0.25, 0.3) is 0 Å². The van der Waals surface area contributed by atoms with Gasteiger partial charge in [0.05, 0.1) is 40.1 Å². The first-order valence-electron chi connectivity index (χ1n) is 11.1. The third kappa shape index (κ3) is 4.65. The van der Waals surface area contributed by atoms with Crippen molar-refractivity contribution in [3.05, 3.63) is 33.7 Å². The van der Waals surface area contributed by atoms with E-state index in [-0.39, 0.29) is 11.8 Å². The summed E-state index contributed by atoms with van der Waals surface area (Å²) in [5.74, 6) is 1.39. The highest BCUT2D eigenvalue weighted by Gasteiger charge is 2.31. The van der Waals surface area contributed by atoms with Gasteiger partial charge in [-0.05, 0) is 42.9 Å². The molecule has 2 aromatic rings. The summed E-state index contributed by atoms with van der Waals surface area (Å²) in [6.45, 7) is 4.39. The number of hydrogen-bond acceptors (Lipinski definition) is 7. The van der Waals surface area contributed by atoms with Crippen LogP contribution in [0.15, 0.2) is 12.1 Å². The summed E-state index contributed by atoms with van der Waals surface area (Å²) in [5.41, 5.74) is 2.06. The zero-order valence-electron chi connectivity index (χ0n) is 19.5. The predicted octanol–water partition coefficient (Wildman–Crippen LogP) is 3.62. The molecule has 1 aliphatic carbocycles. The Hall–Kier alpha value is -2.78. The number of methoxy groups -OCH3 is 3. The maximum absolute atomic E-state index is 13.5. The number of amides is 2. The number of carbonyl (C=O) groups excluding carboxylic acids is 2. The van der Waals surface area contributed by atoms with Crippen LogP contribution in [0.1, 0.15) is 44.5 Å². The lowest BCUT2D eigenvalue weighted by molar-refractivity contribution is 0.0303. The molecule has 33 heavy (non-hydrogen) atoms. The van der Waals surface area contributed by atoms with Crippen molar-refractivity contribution >= 4 is 28.2 Å². The van der Waals surface area contributed by atoms with E-state index in [1.54, 1.807) is 12.1 Å². The second-order valence-electron chi connectivity index (χ2n) is 8.33. The smallest absolute Gasteiger partial charge is 0.257 e. The van der Waals surface area contributed by atoms with Crippen molar-refractivity contribution in [3.63, 3.8) is 0 Å². The number of anilines is 1. The van der Waals surface area contributed by atoms with Crippen LogP contribution in [0.3, 0.4) is 0 Å². The number of rotatable bonds is 6. The van der Waals surface area contributed by atoms with Crippen molar-refractivity contribution in [1.82, 2.24) is 4.90 Å². The van der Waals surface area contributed by atoms with Gasteiger partial charge in [-0.25, -0.2) is 0 Å². The second kappa shape index (κ2) is 10.0. The average Bonchev–Trinajstić information content (AvgIpc) is 3.19. The van der Waals surface area contributed by atoms with E-state index in [9.17, 15) is 9.59 Å². The minimum Gasteiger partial charge on any atom is -0.493 e. The Balaban J connectivity index is 1.69. The van der Waals surface area contributed by atoms with Gasteiger partial charge in [-0.15, -0.1) is 11.3 Å². The number of nitrogens with zero attached hydrogens (tertiary/aromatic N) is 1. The second-order valence-corrected chi connectivity index (χ2v) is 9.43. The van der Waals surface area contributed by atoms with Crippen LogP contribution in [0, 0.1) is 5.92 Å². The fourth-order valence-corrected chi connectivity index (χ4v) is 5.77. The van der Waals surface area contributed by atoms with Crippen molar-refractivity contribution in [1.29, 1.82) is 0 Å². The molecule has 2 heterocycles. The van der Waals surface area contributed by atoms with Gasteiger partial charge in [0.2, 0.25) is 5.75 Å². The van der Waals surface area contributed by atoms with Gasteiger partial charge in [0, 0.05) is 23.5 Å². The monoisotopic (exact) mass is 474 g/mol. The van der Waals surface area contributed by atoms with E-state index in [0.29, 0.717) is 65.6 Å². The molecule has 1 aliphatic heterocycles.